The number of carbonyl (C=O) groups is 1. The molecule has 1 saturated heterocycles. The molecular formula is C16H24ClN3O. The van der Waals surface area contributed by atoms with Crippen molar-refractivity contribution in [3.63, 3.8) is 0 Å². The lowest BCUT2D eigenvalue weighted by atomic mass is 9.95. The van der Waals surface area contributed by atoms with Gasteiger partial charge in [0.25, 0.3) is 0 Å². The van der Waals surface area contributed by atoms with Crippen LogP contribution in [0, 0.1) is 5.92 Å². The van der Waals surface area contributed by atoms with E-state index in [-0.39, 0.29) is 5.91 Å². The average Bonchev–Trinajstić information content (AvgIpc) is 2.44. The van der Waals surface area contributed by atoms with Crippen LogP contribution in [0.15, 0.2) is 18.2 Å². The van der Waals surface area contributed by atoms with Gasteiger partial charge in [0.1, 0.15) is 0 Å². The Morgan fingerprint density at radius 2 is 2.19 bits per heavy atom. The fourth-order valence-electron chi connectivity index (χ4n) is 2.79. The smallest absolute Gasteiger partial charge is 0.225 e. The molecule has 3 N–H and O–H groups in total. The number of amides is 1. The van der Waals surface area contributed by atoms with Gasteiger partial charge in [0, 0.05) is 30.6 Å². The van der Waals surface area contributed by atoms with Crippen molar-refractivity contribution in [2.75, 3.05) is 24.1 Å². The average molecular weight is 310 g/mol. The second-order valence-electron chi connectivity index (χ2n) is 6.06. The summed E-state index contributed by atoms with van der Waals surface area (Å²) >= 11 is 5.92. The molecule has 1 amide bonds. The van der Waals surface area contributed by atoms with Crippen molar-refractivity contribution in [1.29, 1.82) is 0 Å². The van der Waals surface area contributed by atoms with Gasteiger partial charge in [-0.05, 0) is 43.9 Å². The molecule has 4 nitrogen and oxygen atoms in total. The summed E-state index contributed by atoms with van der Waals surface area (Å²) in [5, 5.41) is 3.41. The summed E-state index contributed by atoms with van der Waals surface area (Å²) < 4.78 is 0. The second kappa shape index (κ2) is 7.14. The van der Waals surface area contributed by atoms with E-state index in [4.69, 9.17) is 17.3 Å². The summed E-state index contributed by atoms with van der Waals surface area (Å²) in [6.07, 6.45) is 2.97. The third-order valence-corrected chi connectivity index (χ3v) is 4.40. The zero-order valence-electron chi connectivity index (χ0n) is 12.7. The topological polar surface area (TPSA) is 58.4 Å². The lowest BCUT2D eigenvalue weighted by Crippen LogP contribution is -2.42. The first-order valence-electron chi connectivity index (χ1n) is 7.54. The molecule has 0 bridgehead atoms. The molecule has 2 rings (SSSR count). The zero-order valence-corrected chi connectivity index (χ0v) is 13.5. The van der Waals surface area contributed by atoms with E-state index in [0.717, 1.165) is 13.1 Å². The number of halogens is 1. The molecule has 1 aromatic rings. The van der Waals surface area contributed by atoms with Crippen molar-refractivity contribution < 1.29 is 4.79 Å². The number of benzene rings is 1. The van der Waals surface area contributed by atoms with Gasteiger partial charge in [-0.3, -0.25) is 9.69 Å². The molecule has 1 aliphatic heterocycles. The van der Waals surface area contributed by atoms with Gasteiger partial charge in [-0.15, -0.1) is 0 Å². The number of carbonyl (C=O) groups excluding carboxylic acids is 1. The van der Waals surface area contributed by atoms with Crippen molar-refractivity contribution in [1.82, 2.24) is 4.90 Å². The molecule has 1 heterocycles. The minimum atomic E-state index is -0.0191. The Kier molecular flexibility index (Phi) is 5.48. The minimum absolute atomic E-state index is 0.0191. The highest BCUT2D eigenvalue weighted by Gasteiger charge is 2.23. The second-order valence-corrected chi connectivity index (χ2v) is 6.49. The van der Waals surface area contributed by atoms with Crippen LogP contribution in [0.4, 0.5) is 11.4 Å². The molecule has 0 saturated carbocycles. The summed E-state index contributed by atoms with van der Waals surface area (Å²) in [5.74, 6) is 0.697. The molecule has 0 spiro atoms. The van der Waals surface area contributed by atoms with Crippen LogP contribution >= 0.6 is 11.6 Å². The summed E-state index contributed by atoms with van der Waals surface area (Å²) in [7, 11) is 0. The molecule has 1 fully saturated rings. The molecule has 0 aromatic heterocycles. The monoisotopic (exact) mass is 309 g/mol. The van der Waals surface area contributed by atoms with E-state index >= 15 is 0 Å². The van der Waals surface area contributed by atoms with Gasteiger partial charge in [-0.2, -0.15) is 0 Å². The maximum absolute atomic E-state index is 12.1. The molecule has 1 aromatic carbocycles. The van der Waals surface area contributed by atoms with Crippen LogP contribution in [-0.4, -0.2) is 29.9 Å². The van der Waals surface area contributed by atoms with Crippen molar-refractivity contribution in [2.45, 2.75) is 39.2 Å². The number of piperidine rings is 1. The number of nitrogens with two attached hydrogens (primary N) is 1. The Labute approximate surface area is 131 Å². The van der Waals surface area contributed by atoms with Crippen LogP contribution in [-0.2, 0) is 4.79 Å². The van der Waals surface area contributed by atoms with Gasteiger partial charge in [0.2, 0.25) is 5.91 Å². The third-order valence-electron chi connectivity index (χ3n) is 4.16. The first-order valence-corrected chi connectivity index (χ1v) is 7.92. The fourth-order valence-corrected chi connectivity index (χ4v) is 2.96. The predicted octanol–water partition coefficient (Wildman–Crippen LogP) is 3.37. The molecule has 2 atom stereocenters. The summed E-state index contributed by atoms with van der Waals surface area (Å²) in [5.41, 5.74) is 6.96. The summed E-state index contributed by atoms with van der Waals surface area (Å²) in [6, 6.07) is 5.65. The summed E-state index contributed by atoms with van der Waals surface area (Å²) in [4.78, 5) is 14.5. The van der Waals surface area contributed by atoms with Gasteiger partial charge < -0.3 is 11.1 Å². The molecule has 21 heavy (non-hydrogen) atoms. The van der Waals surface area contributed by atoms with E-state index < -0.39 is 0 Å². The van der Waals surface area contributed by atoms with Gasteiger partial charge in [0.05, 0.1) is 11.4 Å². The Bertz CT molecular complexity index is 506. The Hall–Kier alpha value is -1.26. The van der Waals surface area contributed by atoms with Gasteiger partial charge in [-0.25, -0.2) is 0 Å². The maximum atomic E-state index is 12.1. The lowest BCUT2D eigenvalue weighted by Gasteiger charge is -2.36. The first kappa shape index (κ1) is 16.1. The van der Waals surface area contributed by atoms with Gasteiger partial charge >= 0.3 is 0 Å². The quantitative estimate of drug-likeness (QED) is 0.838. The molecule has 0 aliphatic carbocycles. The van der Waals surface area contributed by atoms with Crippen LogP contribution < -0.4 is 11.1 Å². The number of anilines is 2. The van der Waals surface area contributed by atoms with E-state index in [1.54, 1.807) is 18.2 Å². The minimum Gasteiger partial charge on any atom is -0.397 e. The predicted molar refractivity (Wildman–Crippen MR) is 88.5 cm³/mol. The molecule has 2 unspecified atom stereocenters. The Morgan fingerprint density at radius 1 is 1.43 bits per heavy atom. The standard InChI is InChI=1S/C16H24ClN3O/c1-11-3-4-12(2)20(10-11)8-7-16(21)19-15-9-13(17)5-6-14(15)18/h5-6,9,11-12H,3-4,7-8,10,18H2,1-2H3,(H,19,21). The largest absolute Gasteiger partial charge is 0.397 e. The lowest BCUT2D eigenvalue weighted by molar-refractivity contribution is -0.116. The highest BCUT2D eigenvalue weighted by Crippen LogP contribution is 2.24. The molecule has 1 aliphatic rings. The normalized spacial score (nSPS) is 23.0. The van der Waals surface area contributed by atoms with Crippen molar-refractivity contribution in [3.8, 4) is 0 Å². The number of nitrogens with one attached hydrogen (secondary N) is 1. The van der Waals surface area contributed by atoms with Crippen LogP contribution in [0.2, 0.25) is 5.02 Å². The molecule has 5 heteroatoms. The van der Waals surface area contributed by atoms with Crippen LogP contribution in [0.1, 0.15) is 33.1 Å². The van der Waals surface area contributed by atoms with E-state index in [9.17, 15) is 4.79 Å². The molecule has 0 radical (unpaired) electrons. The molecule has 116 valence electrons. The SMILES string of the molecule is CC1CCC(C)N(CCC(=O)Nc2cc(Cl)ccc2N)C1. The van der Waals surface area contributed by atoms with Crippen molar-refractivity contribution in [3.05, 3.63) is 23.2 Å². The number of hydrogen-bond donors (Lipinski definition) is 2. The van der Waals surface area contributed by atoms with E-state index in [1.807, 2.05) is 0 Å². The van der Waals surface area contributed by atoms with Gasteiger partial charge in [0.15, 0.2) is 0 Å². The van der Waals surface area contributed by atoms with Gasteiger partial charge in [-0.1, -0.05) is 18.5 Å². The summed E-state index contributed by atoms with van der Waals surface area (Å²) in [6.45, 7) is 6.37. The van der Waals surface area contributed by atoms with E-state index in [0.29, 0.717) is 34.8 Å². The molecular weight excluding hydrogens is 286 g/mol. The highest BCUT2D eigenvalue weighted by atomic mass is 35.5. The van der Waals surface area contributed by atoms with E-state index in [2.05, 4.69) is 24.1 Å². The van der Waals surface area contributed by atoms with Crippen LogP contribution in [0.5, 0.6) is 0 Å². The fraction of sp³-hybridized carbons (Fsp3) is 0.562. The highest BCUT2D eigenvalue weighted by molar-refractivity contribution is 6.31. The van der Waals surface area contributed by atoms with Crippen LogP contribution in [0.3, 0.4) is 0 Å². The Morgan fingerprint density at radius 3 is 2.95 bits per heavy atom. The van der Waals surface area contributed by atoms with Crippen molar-refractivity contribution in [2.24, 2.45) is 5.92 Å². The Balaban J connectivity index is 1.86. The van der Waals surface area contributed by atoms with Crippen molar-refractivity contribution >= 4 is 28.9 Å². The number of likely N-dealkylation sites (tertiary alicyclic amines) is 1. The zero-order chi connectivity index (χ0) is 15.4. The maximum Gasteiger partial charge on any atom is 0.225 e. The third kappa shape index (κ3) is 4.61. The van der Waals surface area contributed by atoms with Crippen LogP contribution in [0.25, 0.3) is 0 Å². The number of nitrogens with zero attached hydrogens (tertiary/aromatic N) is 1. The van der Waals surface area contributed by atoms with E-state index in [1.165, 1.54) is 12.8 Å². The number of rotatable bonds is 4. The number of hydrogen-bond acceptors (Lipinski definition) is 3. The first-order chi connectivity index (χ1) is 9.95. The number of nitrogen functional groups attached to an aromatic ring is 1.